The van der Waals surface area contributed by atoms with Crippen molar-refractivity contribution in [3.8, 4) is 0 Å². The van der Waals surface area contributed by atoms with E-state index in [0.29, 0.717) is 18.5 Å². The first-order valence-corrected chi connectivity index (χ1v) is 6.81. The minimum Gasteiger partial charge on any atom is -0.550 e. The highest BCUT2D eigenvalue weighted by Crippen LogP contribution is 2.34. The molecule has 2 rings (SSSR count). The number of carbonyl (C=O) groups excluding carboxylic acids is 2. The number of halogens is 1. The first-order valence-electron chi connectivity index (χ1n) is 6.81. The van der Waals surface area contributed by atoms with E-state index in [1.807, 2.05) is 13.8 Å². The number of allylic oxidation sites excluding steroid dienone is 2. The molecular weight excluding hydrogens is 273 g/mol. The molecule has 0 heterocycles. The molecule has 5 heteroatoms. The lowest BCUT2D eigenvalue weighted by atomic mass is 9.76. The Morgan fingerprint density at radius 2 is 1.81 bits per heavy atom. The zero-order chi connectivity index (χ0) is 15.6. The fraction of sp³-hybridized carbons (Fsp3) is 0.375. The number of aliphatic carboxylic acids is 1. The van der Waals surface area contributed by atoms with Crippen LogP contribution in [0, 0.1) is 17.7 Å². The van der Waals surface area contributed by atoms with Gasteiger partial charge in [-0.3, -0.25) is 4.79 Å². The van der Waals surface area contributed by atoms with Crippen molar-refractivity contribution in [3.05, 3.63) is 41.2 Å². The van der Waals surface area contributed by atoms with Crippen molar-refractivity contribution < 1.29 is 19.1 Å². The molecule has 4 nitrogen and oxygen atoms in total. The third-order valence-corrected chi connectivity index (χ3v) is 4.00. The van der Waals surface area contributed by atoms with Crippen molar-refractivity contribution in [3.63, 3.8) is 0 Å². The molecule has 1 N–H and O–H groups in total. The minimum atomic E-state index is -1.22. The van der Waals surface area contributed by atoms with Gasteiger partial charge in [0.2, 0.25) is 5.91 Å². The zero-order valence-electron chi connectivity index (χ0n) is 12.0. The summed E-state index contributed by atoms with van der Waals surface area (Å²) in [5, 5.41) is 13.8. The van der Waals surface area contributed by atoms with E-state index in [9.17, 15) is 19.1 Å². The van der Waals surface area contributed by atoms with Crippen LogP contribution < -0.4 is 10.4 Å². The number of anilines is 1. The Hall–Kier alpha value is -2.17. The molecule has 2 atom stereocenters. The largest absolute Gasteiger partial charge is 0.550 e. The maximum atomic E-state index is 13.1. The minimum absolute atomic E-state index is 0.315. The molecule has 112 valence electrons. The number of nitrogens with one attached hydrogen (secondary N) is 1. The summed E-state index contributed by atoms with van der Waals surface area (Å²) in [5.41, 5.74) is 2.33. The topological polar surface area (TPSA) is 69.2 Å². The van der Waals surface area contributed by atoms with Crippen LogP contribution in [-0.4, -0.2) is 11.9 Å². The lowest BCUT2D eigenvalue weighted by Gasteiger charge is -2.32. The van der Waals surface area contributed by atoms with Gasteiger partial charge in [0, 0.05) is 17.6 Å². The summed E-state index contributed by atoms with van der Waals surface area (Å²) >= 11 is 0. The highest BCUT2D eigenvalue weighted by atomic mass is 19.1. The zero-order valence-corrected chi connectivity index (χ0v) is 12.0. The first-order chi connectivity index (χ1) is 9.88. The Bertz CT molecular complexity index is 609. The molecule has 1 aromatic carbocycles. The van der Waals surface area contributed by atoms with E-state index in [4.69, 9.17) is 0 Å². The summed E-state index contributed by atoms with van der Waals surface area (Å²) in [4.78, 5) is 23.6. The molecule has 0 spiro atoms. The molecule has 0 radical (unpaired) electrons. The van der Waals surface area contributed by atoms with Gasteiger partial charge in [-0.05, 0) is 44.9 Å². The Balaban J connectivity index is 2.18. The van der Waals surface area contributed by atoms with Crippen molar-refractivity contribution >= 4 is 17.6 Å². The van der Waals surface area contributed by atoms with Crippen molar-refractivity contribution in [2.45, 2.75) is 26.7 Å². The number of benzene rings is 1. The second-order valence-corrected chi connectivity index (χ2v) is 5.50. The highest BCUT2D eigenvalue weighted by Gasteiger charge is 2.33. The van der Waals surface area contributed by atoms with Crippen LogP contribution in [0.25, 0.3) is 0 Å². The molecule has 0 aromatic heterocycles. The molecule has 0 fully saturated rings. The molecule has 0 bridgehead atoms. The van der Waals surface area contributed by atoms with Gasteiger partial charge < -0.3 is 15.2 Å². The average Bonchev–Trinajstić information content (AvgIpc) is 2.41. The van der Waals surface area contributed by atoms with Gasteiger partial charge in [-0.15, -0.1) is 0 Å². The Morgan fingerprint density at radius 3 is 2.38 bits per heavy atom. The van der Waals surface area contributed by atoms with Gasteiger partial charge in [0.25, 0.3) is 0 Å². The quantitative estimate of drug-likeness (QED) is 0.864. The molecule has 1 aliphatic rings. The number of carboxylic acid groups (broad SMARTS) is 1. The van der Waals surface area contributed by atoms with Crippen LogP contribution in [0.15, 0.2) is 35.4 Å². The van der Waals surface area contributed by atoms with E-state index < -0.39 is 29.5 Å². The van der Waals surface area contributed by atoms with E-state index in [1.54, 1.807) is 6.07 Å². The van der Waals surface area contributed by atoms with Crippen LogP contribution in [0.1, 0.15) is 26.7 Å². The fourth-order valence-electron chi connectivity index (χ4n) is 2.62. The summed E-state index contributed by atoms with van der Waals surface area (Å²) < 4.78 is 13.1. The average molecular weight is 290 g/mol. The smallest absolute Gasteiger partial charge is 0.228 e. The van der Waals surface area contributed by atoms with E-state index in [-0.39, 0.29) is 0 Å². The summed E-state index contributed by atoms with van der Waals surface area (Å²) in [6.45, 7) is 3.76. The third-order valence-electron chi connectivity index (χ3n) is 4.00. The predicted octanol–water partition coefficient (Wildman–Crippen LogP) is 1.88. The SMILES string of the molecule is CC1=C(C)CC(C(=O)Nc2cccc(F)c2)C(C(=O)[O-])C1. The standard InChI is InChI=1S/C16H18FNO3/c1-9-6-13(14(16(20)21)7-10(9)2)15(19)18-12-5-3-4-11(17)8-12/h3-5,8,13-14H,6-7H2,1-2H3,(H,18,19)(H,20,21)/p-1. The lowest BCUT2D eigenvalue weighted by Crippen LogP contribution is -2.42. The van der Waals surface area contributed by atoms with Gasteiger partial charge in [-0.1, -0.05) is 17.2 Å². The summed E-state index contributed by atoms with van der Waals surface area (Å²) in [5.74, 6) is -3.63. The number of amides is 1. The Labute approximate surface area is 122 Å². The van der Waals surface area contributed by atoms with Crippen LogP contribution >= 0.6 is 0 Å². The molecule has 0 aliphatic heterocycles. The van der Waals surface area contributed by atoms with Crippen LogP contribution in [0.3, 0.4) is 0 Å². The van der Waals surface area contributed by atoms with Crippen LogP contribution in [-0.2, 0) is 9.59 Å². The second kappa shape index (κ2) is 6.08. The maximum Gasteiger partial charge on any atom is 0.228 e. The van der Waals surface area contributed by atoms with E-state index in [1.165, 1.54) is 18.2 Å². The van der Waals surface area contributed by atoms with Gasteiger partial charge >= 0.3 is 0 Å². The Kier molecular flexibility index (Phi) is 4.40. The predicted molar refractivity (Wildman–Crippen MR) is 74.6 cm³/mol. The van der Waals surface area contributed by atoms with Gasteiger partial charge in [-0.25, -0.2) is 4.39 Å². The first kappa shape index (κ1) is 15.2. The van der Waals surface area contributed by atoms with E-state index >= 15 is 0 Å². The monoisotopic (exact) mass is 290 g/mol. The summed E-state index contributed by atoms with van der Waals surface area (Å²) in [6, 6.07) is 5.52. The highest BCUT2D eigenvalue weighted by molar-refractivity contribution is 5.95. The normalized spacial score (nSPS) is 22.0. The number of hydrogen-bond donors (Lipinski definition) is 1. The molecule has 1 amide bonds. The number of rotatable bonds is 3. The van der Waals surface area contributed by atoms with E-state index in [0.717, 1.165) is 11.1 Å². The molecular formula is C16H17FNO3-. The van der Waals surface area contributed by atoms with Crippen molar-refractivity contribution in [1.82, 2.24) is 0 Å². The van der Waals surface area contributed by atoms with Crippen molar-refractivity contribution in [2.24, 2.45) is 11.8 Å². The fourth-order valence-corrected chi connectivity index (χ4v) is 2.62. The van der Waals surface area contributed by atoms with Crippen LogP contribution in [0.2, 0.25) is 0 Å². The number of carbonyl (C=O) groups is 2. The third kappa shape index (κ3) is 3.48. The molecule has 21 heavy (non-hydrogen) atoms. The van der Waals surface area contributed by atoms with Gasteiger partial charge in [-0.2, -0.15) is 0 Å². The van der Waals surface area contributed by atoms with Crippen LogP contribution in [0.4, 0.5) is 10.1 Å². The van der Waals surface area contributed by atoms with Gasteiger partial charge in [0.1, 0.15) is 5.82 Å². The molecule has 1 aromatic rings. The molecule has 0 saturated heterocycles. The Morgan fingerprint density at radius 1 is 1.19 bits per heavy atom. The van der Waals surface area contributed by atoms with Crippen LogP contribution in [0.5, 0.6) is 0 Å². The second-order valence-electron chi connectivity index (χ2n) is 5.50. The van der Waals surface area contributed by atoms with Crippen molar-refractivity contribution in [2.75, 3.05) is 5.32 Å². The van der Waals surface area contributed by atoms with Gasteiger partial charge in [0.05, 0.1) is 5.92 Å². The lowest BCUT2D eigenvalue weighted by molar-refractivity contribution is -0.313. The molecule has 1 aliphatic carbocycles. The van der Waals surface area contributed by atoms with E-state index in [2.05, 4.69) is 5.32 Å². The molecule has 0 saturated carbocycles. The maximum absolute atomic E-state index is 13.1. The van der Waals surface area contributed by atoms with Gasteiger partial charge in [0.15, 0.2) is 0 Å². The molecule has 2 unspecified atom stereocenters. The summed E-state index contributed by atoms with van der Waals surface area (Å²) in [6.07, 6.45) is 0.695. The summed E-state index contributed by atoms with van der Waals surface area (Å²) in [7, 11) is 0. The van der Waals surface area contributed by atoms with Crippen molar-refractivity contribution in [1.29, 1.82) is 0 Å². The number of hydrogen-bond acceptors (Lipinski definition) is 3. The number of carboxylic acids is 1.